The zero-order chi connectivity index (χ0) is 15.1. The van der Waals surface area contributed by atoms with Crippen molar-refractivity contribution < 1.29 is 9.53 Å². The zero-order valence-electron chi connectivity index (χ0n) is 12.9. The van der Waals surface area contributed by atoms with Crippen LogP contribution in [-0.4, -0.2) is 44.7 Å². The maximum Gasteiger partial charge on any atom is 0.319 e. The molecule has 0 spiro atoms. The standard InChI is InChI=1S/C15H25N3O2/c1-11(2)14(18(3)4)10-16-15(19)17-12-6-8-13(20-5)9-7-12/h6-9,11,14H,10H2,1-5H3,(H2,16,17,19). The van der Waals surface area contributed by atoms with E-state index in [1.165, 1.54) is 0 Å². The second kappa shape index (κ2) is 7.75. The number of nitrogens with zero attached hydrogens (tertiary/aromatic N) is 1. The van der Waals surface area contributed by atoms with E-state index in [2.05, 4.69) is 29.4 Å². The number of carbonyl (C=O) groups is 1. The van der Waals surface area contributed by atoms with E-state index >= 15 is 0 Å². The van der Waals surface area contributed by atoms with Gasteiger partial charge in [-0.05, 0) is 44.3 Å². The topological polar surface area (TPSA) is 53.6 Å². The molecule has 20 heavy (non-hydrogen) atoms. The third-order valence-corrected chi connectivity index (χ3v) is 3.25. The molecule has 0 aliphatic rings. The van der Waals surface area contributed by atoms with Crippen LogP contribution < -0.4 is 15.4 Å². The van der Waals surface area contributed by atoms with Crippen LogP contribution in [0.3, 0.4) is 0 Å². The minimum absolute atomic E-state index is 0.192. The highest BCUT2D eigenvalue weighted by Crippen LogP contribution is 2.14. The Kier molecular flexibility index (Phi) is 6.31. The lowest BCUT2D eigenvalue weighted by molar-refractivity contribution is 0.218. The lowest BCUT2D eigenvalue weighted by Crippen LogP contribution is -2.44. The van der Waals surface area contributed by atoms with Crippen molar-refractivity contribution >= 4 is 11.7 Å². The minimum Gasteiger partial charge on any atom is -0.497 e. The monoisotopic (exact) mass is 279 g/mol. The smallest absolute Gasteiger partial charge is 0.319 e. The number of methoxy groups -OCH3 is 1. The maximum atomic E-state index is 11.8. The Labute approximate surface area is 121 Å². The first-order valence-corrected chi connectivity index (χ1v) is 6.79. The first-order chi connectivity index (χ1) is 9.43. The summed E-state index contributed by atoms with van der Waals surface area (Å²) in [6.07, 6.45) is 0. The second-order valence-electron chi connectivity index (χ2n) is 5.34. The van der Waals surface area contributed by atoms with Gasteiger partial charge in [-0.2, -0.15) is 0 Å². The van der Waals surface area contributed by atoms with Crippen LogP contribution in [0.5, 0.6) is 5.75 Å². The van der Waals surface area contributed by atoms with Gasteiger partial charge >= 0.3 is 6.03 Å². The number of rotatable bonds is 6. The minimum atomic E-state index is -0.192. The predicted molar refractivity (Wildman–Crippen MR) is 82.3 cm³/mol. The van der Waals surface area contributed by atoms with Gasteiger partial charge in [-0.15, -0.1) is 0 Å². The molecule has 0 aliphatic carbocycles. The summed E-state index contributed by atoms with van der Waals surface area (Å²) in [5.41, 5.74) is 0.745. The average molecular weight is 279 g/mol. The summed E-state index contributed by atoms with van der Waals surface area (Å²) in [5, 5.41) is 5.70. The molecule has 0 aromatic heterocycles. The van der Waals surface area contributed by atoms with E-state index in [9.17, 15) is 4.79 Å². The fourth-order valence-electron chi connectivity index (χ4n) is 2.06. The van der Waals surface area contributed by atoms with E-state index in [1.807, 2.05) is 38.4 Å². The second-order valence-corrected chi connectivity index (χ2v) is 5.34. The van der Waals surface area contributed by atoms with Gasteiger partial charge in [-0.25, -0.2) is 4.79 Å². The molecule has 1 atom stereocenters. The SMILES string of the molecule is COc1ccc(NC(=O)NCC(C(C)C)N(C)C)cc1. The first-order valence-electron chi connectivity index (χ1n) is 6.79. The number of benzene rings is 1. The van der Waals surface area contributed by atoms with Crippen LogP contribution in [0.1, 0.15) is 13.8 Å². The Balaban J connectivity index is 2.46. The number of hydrogen-bond donors (Lipinski definition) is 2. The highest BCUT2D eigenvalue weighted by molar-refractivity contribution is 5.89. The lowest BCUT2D eigenvalue weighted by Gasteiger charge is -2.28. The molecule has 0 saturated carbocycles. The number of hydrogen-bond acceptors (Lipinski definition) is 3. The van der Waals surface area contributed by atoms with Gasteiger partial charge < -0.3 is 20.3 Å². The predicted octanol–water partition coefficient (Wildman–Crippen LogP) is 2.40. The quantitative estimate of drug-likeness (QED) is 0.840. The number of urea groups is 1. The molecule has 0 saturated heterocycles. The Bertz CT molecular complexity index is 408. The van der Waals surface area contributed by atoms with Gasteiger partial charge in [0.25, 0.3) is 0 Å². The molecule has 5 nitrogen and oxygen atoms in total. The van der Waals surface area contributed by atoms with E-state index in [1.54, 1.807) is 7.11 Å². The summed E-state index contributed by atoms with van der Waals surface area (Å²) in [7, 11) is 5.66. The number of carbonyl (C=O) groups excluding carboxylic acids is 1. The van der Waals surface area contributed by atoms with Gasteiger partial charge in [-0.1, -0.05) is 13.8 Å². The summed E-state index contributed by atoms with van der Waals surface area (Å²) in [4.78, 5) is 14.0. The van der Waals surface area contributed by atoms with Crippen molar-refractivity contribution in [3.8, 4) is 5.75 Å². The van der Waals surface area contributed by atoms with Gasteiger partial charge in [0.15, 0.2) is 0 Å². The van der Waals surface area contributed by atoms with Gasteiger partial charge in [0.05, 0.1) is 7.11 Å². The van der Waals surface area contributed by atoms with Crippen molar-refractivity contribution in [2.45, 2.75) is 19.9 Å². The van der Waals surface area contributed by atoms with Gasteiger partial charge in [0.1, 0.15) is 5.75 Å². The molecule has 2 N–H and O–H groups in total. The number of anilines is 1. The van der Waals surface area contributed by atoms with Crippen molar-refractivity contribution in [2.75, 3.05) is 33.1 Å². The molecule has 2 amide bonds. The number of ether oxygens (including phenoxy) is 1. The van der Waals surface area contributed by atoms with Crippen molar-refractivity contribution in [1.29, 1.82) is 0 Å². The number of amides is 2. The summed E-state index contributed by atoms with van der Waals surface area (Å²) in [5.74, 6) is 1.25. The Morgan fingerprint density at radius 3 is 2.30 bits per heavy atom. The molecule has 1 aromatic rings. The molecule has 1 unspecified atom stereocenters. The maximum absolute atomic E-state index is 11.8. The molecular formula is C15H25N3O2. The van der Waals surface area contributed by atoms with Gasteiger partial charge in [0.2, 0.25) is 0 Å². The van der Waals surface area contributed by atoms with Crippen molar-refractivity contribution in [1.82, 2.24) is 10.2 Å². The molecule has 1 aromatic carbocycles. The normalized spacial score (nSPS) is 12.3. The third-order valence-electron chi connectivity index (χ3n) is 3.25. The van der Waals surface area contributed by atoms with E-state index in [0.29, 0.717) is 18.5 Å². The highest BCUT2D eigenvalue weighted by atomic mass is 16.5. The molecule has 112 valence electrons. The van der Waals surface area contributed by atoms with Crippen molar-refractivity contribution in [3.05, 3.63) is 24.3 Å². The van der Waals surface area contributed by atoms with Crippen LogP contribution in [0.2, 0.25) is 0 Å². The molecule has 0 fully saturated rings. The number of nitrogens with one attached hydrogen (secondary N) is 2. The van der Waals surface area contributed by atoms with Gasteiger partial charge in [-0.3, -0.25) is 0 Å². The van der Waals surface area contributed by atoms with Crippen LogP contribution in [-0.2, 0) is 0 Å². The highest BCUT2D eigenvalue weighted by Gasteiger charge is 2.16. The van der Waals surface area contributed by atoms with Crippen molar-refractivity contribution in [3.63, 3.8) is 0 Å². The van der Waals surface area contributed by atoms with Crippen LogP contribution in [0, 0.1) is 5.92 Å². The lowest BCUT2D eigenvalue weighted by atomic mass is 10.0. The summed E-state index contributed by atoms with van der Waals surface area (Å²) >= 11 is 0. The molecule has 5 heteroatoms. The van der Waals surface area contributed by atoms with E-state index < -0.39 is 0 Å². The Hall–Kier alpha value is -1.75. The summed E-state index contributed by atoms with van der Waals surface area (Å²) < 4.78 is 5.07. The molecule has 0 radical (unpaired) electrons. The molecule has 0 aliphatic heterocycles. The fraction of sp³-hybridized carbons (Fsp3) is 0.533. The summed E-state index contributed by atoms with van der Waals surface area (Å²) in [6, 6.07) is 7.37. The molecule has 0 heterocycles. The molecular weight excluding hydrogens is 254 g/mol. The van der Waals surface area contributed by atoms with Gasteiger partial charge in [0, 0.05) is 18.3 Å². The third kappa shape index (κ3) is 5.09. The van der Waals surface area contributed by atoms with E-state index in [-0.39, 0.29) is 6.03 Å². The Morgan fingerprint density at radius 2 is 1.85 bits per heavy atom. The fourth-order valence-corrected chi connectivity index (χ4v) is 2.06. The van der Waals surface area contributed by atoms with E-state index in [4.69, 9.17) is 4.74 Å². The Morgan fingerprint density at radius 1 is 1.25 bits per heavy atom. The average Bonchev–Trinajstić information content (AvgIpc) is 2.39. The van der Waals surface area contributed by atoms with E-state index in [0.717, 1.165) is 11.4 Å². The van der Waals surface area contributed by atoms with Crippen LogP contribution in [0.15, 0.2) is 24.3 Å². The number of likely N-dealkylation sites (N-methyl/N-ethyl adjacent to an activating group) is 1. The largest absolute Gasteiger partial charge is 0.497 e. The van der Waals surface area contributed by atoms with Crippen LogP contribution >= 0.6 is 0 Å². The first kappa shape index (κ1) is 16.3. The van der Waals surface area contributed by atoms with Crippen molar-refractivity contribution in [2.24, 2.45) is 5.92 Å². The molecule has 0 bridgehead atoms. The summed E-state index contributed by atoms with van der Waals surface area (Å²) in [6.45, 7) is 4.91. The zero-order valence-corrected chi connectivity index (χ0v) is 12.9. The van der Waals surface area contributed by atoms with Crippen LogP contribution in [0.4, 0.5) is 10.5 Å². The van der Waals surface area contributed by atoms with Crippen LogP contribution in [0.25, 0.3) is 0 Å². The molecule has 1 rings (SSSR count).